The van der Waals surface area contributed by atoms with Crippen LogP contribution in [-0.4, -0.2) is 12.6 Å². The van der Waals surface area contributed by atoms with Gasteiger partial charge in [0, 0.05) is 10.4 Å². The van der Waals surface area contributed by atoms with Crippen molar-refractivity contribution in [2.45, 2.75) is 27.7 Å². The molecule has 0 saturated carbocycles. The molecule has 0 atom stereocenters. The van der Waals surface area contributed by atoms with Gasteiger partial charge in [0.25, 0.3) is 0 Å². The minimum Gasteiger partial charge on any atom is -0.462 e. The standard InChI is InChI=1S/C16H20N2O2S/c1-5-20-16(19)14-13(11(4)21-15(14)18-17)12-7-6-9(2)8-10(12)3/h6-8,18H,5,17H2,1-4H3. The zero-order valence-corrected chi connectivity index (χ0v) is 13.6. The number of anilines is 1. The summed E-state index contributed by atoms with van der Waals surface area (Å²) in [4.78, 5) is 13.3. The fourth-order valence-electron chi connectivity index (χ4n) is 2.46. The molecule has 0 aliphatic carbocycles. The molecule has 0 spiro atoms. The number of nitrogens with two attached hydrogens (primary N) is 1. The maximum Gasteiger partial charge on any atom is 0.341 e. The van der Waals surface area contributed by atoms with Crippen LogP contribution in [0.2, 0.25) is 0 Å². The van der Waals surface area contributed by atoms with Gasteiger partial charge >= 0.3 is 5.97 Å². The molecule has 3 N–H and O–H groups in total. The number of benzene rings is 1. The first-order chi connectivity index (χ1) is 9.99. The van der Waals surface area contributed by atoms with Gasteiger partial charge in [-0.05, 0) is 38.8 Å². The Balaban J connectivity index is 2.67. The van der Waals surface area contributed by atoms with Gasteiger partial charge in [-0.1, -0.05) is 23.8 Å². The summed E-state index contributed by atoms with van der Waals surface area (Å²) in [7, 11) is 0. The monoisotopic (exact) mass is 304 g/mol. The number of carbonyl (C=O) groups excluding carboxylic acids is 1. The van der Waals surface area contributed by atoms with Gasteiger partial charge in [-0.15, -0.1) is 11.3 Å². The largest absolute Gasteiger partial charge is 0.462 e. The molecule has 1 aromatic heterocycles. The maximum atomic E-state index is 12.3. The van der Waals surface area contributed by atoms with E-state index >= 15 is 0 Å². The summed E-state index contributed by atoms with van der Waals surface area (Å²) in [5.41, 5.74) is 7.41. The number of hydrogen-bond acceptors (Lipinski definition) is 5. The molecular formula is C16H20N2O2S. The van der Waals surface area contributed by atoms with Crippen LogP contribution in [0.1, 0.15) is 33.3 Å². The minimum absolute atomic E-state index is 0.337. The number of nitrogen functional groups attached to an aromatic ring is 1. The lowest BCUT2D eigenvalue weighted by Crippen LogP contribution is -2.12. The highest BCUT2D eigenvalue weighted by atomic mass is 32.1. The third-order valence-corrected chi connectivity index (χ3v) is 4.38. The Labute approximate surface area is 128 Å². The smallest absolute Gasteiger partial charge is 0.341 e. The van der Waals surface area contributed by atoms with E-state index in [1.54, 1.807) is 6.92 Å². The van der Waals surface area contributed by atoms with E-state index in [1.165, 1.54) is 16.9 Å². The van der Waals surface area contributed by atoms with Crippen LogP contribution >= 0.6 is 11.3 Å². The van der Waals surface area contributed by atoms with Gasteiger partial charge in [-0.25, -0.2) is 10.6 Å². The maximum absolute atomic E-state index is 12.3. The number of rotatable bonds is 4. The lowest BCUT2D eigenvalue weighted by molar-refractivity contribution is 0.0529. The number of thiophene rings is 1. The number of aryl methyl sites for hydroxylation is 3. The molecule has 0 unspecified atom stereocenters. The molecule has 21 heavy (non-hydrogen) atoms. The van der Waals surface area contributed by atoms with Crippen LogP contribution in [0.3, 0.4) is 0 Å². The summed E-state index contributed by atoms with van der Waals surface area (Å²) in [5.74, 6) is 5.22. The highest BCUT2D eigenvalue weighted by Crippen LogP contribution is 2.41. The van der Waals surface area contributed by atoms with Crippen LogP contribution in [-0.2, 0) is 4.74 Å². The molecule has 0 bridgehead atoms. The first-order valence-corrected chi connectivity index (χ1v) is 7.66. The van der Waals surface area contributed by atoms with Crippen LogP contribution in [0.5, 0.6) is 0 Å². The molecule has 1 heterocycles. The van der Waals surface area contributed by atoms with Crippen molar-refractivity contribution >= 4 is 22.3 Å². The fraction of sp³-hybridized carbons (Fsp3) is 0.312. The Hall–Kier alpha value is -1.85. The summed E-state index contributed by atoms with van der Waals surface area (Å²) < 4.78 is 5.18. The minimum atomic E-state index is -0.343. The molecular weight excluding hydrogens is 284 g/mol. The van der Waals surface area contributed by atoms with Crippen LogP contribution in [0.4, 0.5) is 5.00 Å². The van der Waals surface area contributed by atoms with Gasteiger partial charge in [0.15, 0.2) is 0 Å². The lowest BCUT2D eigenvalue weighted by atomic mass is 9.96. The molecule has 0 radical (unpaired) electrons. The topological polar surface area (TPSA) is 64.3 Å². The Kier molecular flexibility index (Phi) is 4.65. The molecule has 1 aromatic carbocycles. The first kappa shape index (κ1) is 15.5. The lowest BCUT2D eigenvalue weighted by Gasteiger charge is -2.10. The van der Waals surface area contributed by atoms with Crippen molar-refractivity contribution in [2.75, 3.05) is 12.0 Å². The summed E-state index contributed by atoms with van der Waals surface area (Å²) in [5, 5.41) is 0.640. The molecule has 0 aliphatic heterocycles. The molecule has 5 heteroatoms. The van der Waals surface area contributed by atoms with Gasteiger partial charge < -0.3 is 10.2 Å². The van der Waals surface area contributed by atoms with Crippen LogP contribution in [0.25, 0.3) is 11.1 Å². The Morgan fingerprint density at radius 1 is 1.33 bits per heavy atom. The fourth-order valence-corrected chi connectivity index (χ4v) is 3.43. The van der Waals surface area contributed by atoms with E-state index < -0.39 is 0 Å². The summed E-state index contributed by atoms with van der Waals surface area (Å²) in [6.07, 6.45) is 0. The third kappa shape index (κ3) is 2.94. The number of hydrogen-bond donors (Lipinski definition) is 2. The van der Waals surface area contributed by atoms with Crippen LogP contribution < -0.4 is 11.3 Å². The summed E-state index contributed by atoms with van der Waals surface area (Å²) >= 11 is 1.47. The third-order valence-electron chi connectivity index (χ3n) is 3.35. The van der Waals surface area contributed by atoms with E-state index in [1.807, 2.05) is 26.0 Å². The predicted molar refractivity (Wildman–Crippen MR) is 87.7 cm³/mol. The van der Waals surface area contributed by atoms with E-state index in [2.05, 4.69) is 18.4 Å². The highest BCUT2D eigenvalue weighted by Gasteiger charge is 2.24. The van der Waals surface area contributed by atoms with E-state index in [0.717, 1.165) is 21.6 Å². The van der Waals surface area contributed by atoms with E-state index in [4.69, 9.17) is 10.6 Å². The second-order valence-electron chi connectivity index (χ2n) is 4.92. The SMILES string of the molecule is CCOC(=O)c1c(NN)sc(C)c1-c1ccc(C)cc1C. The van der Waals surface area contributed by atoms with Crippen LogP contribution in [0, 0.1) is 20.8 Å². The normalized spacial score (nSPS) is 10.5. The molecule has 4 nitrogen and oxygen atoms in total. The molecule has 0 saturated heterocycles. The predicted octanol–water partition coefficient (Wildman–Crippen LogP) is 3.80. The molecule has 2 aromatic rings. The van der Waals surface area contributed by atoms with Gasteiger partial charge in [-0.3, -0.25) is 0 Å². The van der Waals surface area contributed by atoms with E-state index in [0.29, 0.717) is 17.2 Å². The second-order valence-corrected chi connectivity index (χ2v) is 6.15. The van der Waals surface area contributed by atoms with Crippen molar-refractivity contribution < 1.29 is 9.53 Å². The molecule has 0 aliphatic rings. The van der Waals surface area contributed by atoms with Gasteiger partial charge in [0.1, 0.15) is 10.6 Å². The number of hydrazine groups is 1. The van der Waals surface area contributed by atoms with Crippen molar-refractivity contribution in [1.82, 2.24) is 0 Å². The zero-order chi connectivity index (χ0) is 15.6. The quantitative estimate of drug-likeness (QED) is 0.512. The Bertz CT molecular complexity index is 677. The summed E-state index contributed by atoms with van der Waals surface area (Å²) in [6, 6.07) is 6.20. The molecule has 2 rings (SSSR count). The number of carbonyl (C=O) groups is 1. The van der Waals surface area contributed by atoms with Crippen molar-refractivity contribution in [1.29, 1.82) is 0 Å². The van der Waals surface area contributed by atoms with Crippen molar-refractivity contribution in [3.8, 4) is 11.1 Å². The van der Waals surface area contributed by atoms with Crippen molar-refractivity contribution in [3.63, 3.8) is 0 Å². The first-order valence-electron chi connectivity index (χ1n) is 6.84. The highest BCUT2D eigenvalue weighted by molar-refractivity contribution is 7.17. The molecule has 0 amide bonds. The van der Waals surface area contributed by atoms with Crippen LogP contribution in [0.15, 0.2) is 18.2 Å². The average Bonchev–Trinajstić information content (AvgIpc) is 2.76. The number of nitrogens with one attached hydrogen (secondary N) is 1. The Morgan fingerprint density at radius 2 is 2.05 bits per heavy atom. The van der Waals surface area contributed by atoms with E-state index in [9.17, 15) is 4.79 Å². The Morgan fingerprint density at radius 3 is 2.62 bits per heavy atom. The zero-order valence-electron chi connectivity index (χ0n) is 12.7. The van der Waals surface area contributed by atoms with Gasteiger partial charge in [0.2, 0.25) is 0 Å². The molecule has 112 valence electrons. The average molecular weight is 304 g/mol. The molecule has 0 fully saturated rings. The second kappa shape index (κ2) is 6.28. The number of esters is 1. The summed E-state index contributed by atoms with van der Waals surface area (Å²) in [6.45, 7) is 8.22. The number of ether oxygens (including phenoxy) is 1. The van der Waals surface area contributed by atoms with Crippen molar-refractivity contribution in [3.05, 3.63) is 39.8 Å². The van der Waals surface area contributed by atoms with Crippen molar-refractivity contribution in [2.24, 2.45) is 5.84 Å². The van der Waals surface area contributed by atoms with Gasteiger partial charge in [0.05, 0.1) is 6.61 Å². The van der Waals surface area contributed by atoms with Gasteiger partial charge in [-0.2, -0.15) is 0 Å². The van der Waals surface area contributed by atoms with E-state index in [-0.39, 0.29) is 5.97 Å².